The zero-order valence-corrected chi connectivity index (χ0v) is 13.6. The zero-order chi connectivity index (χ0) is 14.9. The lowest BCUT2D eigenvalue weighted by atomic mass is 10.2. The molecule has 7 heteroatoms. The third-order valence-corrected chi connectivity index (χ3v) is 3.95. The van der Waals surface area contributed by atoms with Crippen molar-refractivity contribution in [2.24, 2.45) is 0 Å². The van der Waals surface area contributed by atoms with Gasteiger partial charge in [0, 0.05) is 10.5 Å². The number of carboxylic acid groups (broad SMARTS) is 1. The van der Waals surface area contributed by atoms with Crippen molar-refractivity contribution < 1.29 is 19.0 Å². The summed E-state index contributed by atoms with van der Waals surface area (Å²) in [6.07, 6.45) is 0. The molecule has 0 heterocycles. The molecule has 0 saturated heterocycles. The summed E-state index contributed by atoms with van der Waals surface area (Å²) in [5.41, 5.74) is -0.0465. The fourth-order valence-corrected chi connectivity index (χ4v) is 2.74. The lowest BCUT2D eigenvalue weighted by molar-refractivity contribution is 0.0693. The van der Waals surface area contributed by atoms with E-state index in [4.69, 9.17) is 16.3 Å². The Morgan fingerprint density at radius 2 is 1.90 bits per heavy atom. The molecule has 0 amide bonds. The van der Waals surface area contributed by atoms with Crippen LogP contribution in [0.5, 0.6) is 11.5 Å². The number of ether oxygens (including phenoxy) is 1. The van der Waals surface area contributed by atoms with E-state index in [0.29, 0.717) is 8.95 Å². The fourth-order valence-electron chi connectivity index (χ4n) is 1.50. The molecule has 1 N–H and O–H groups in total. The number of rotatable bonds is 3. The second-order valence-corrected chi connectivity index (χ2v) is 5.83. The molecule has 0 aliphatic rings. The maximum absolute atomic E-state index is 13.4. The van der Waals surface area contributed by atoms with E-state index in [1.165, 1.54) is 12.1 Å². The summed E-state index contributed by atoms with van der Waals surface area (Å²) in [5.74, 6) is -1.59. The van der Waals surface area contributed by atoms with Crippen LogP contribution < -0.4 is 4.74 Å². The number of carboxylic acids is 1. The van der Waals surface area contributed by atoms with Crippen molar-refractivity contribution in [1.82, 2.24) is 0 Å². The predicted octanol–water partition coefficient (Wildman–Crippen LogP) is 5.49. The molecule has 20 heavy (non-hydrogen) atoms. The minimum Gasteiger partial charge on any atom is -0.478 e. The van der Waals surface area contributed by atoms with Gasteiger partial charge < -0.3 is 9.84 Å². The molecule has 0 aliphatic heterocycles. The van der Waals surface area contributed by atoms with Gasteiger partial charge in [-0.05, 0) is 50.1 Å². The summed E-state index contributed by atoms with van der Waals surface area (Å²) in [5, 5.41) is 9.12. The normalized spacial score (nSPS) is 10.4. The lowest BCUT2D eigenvalue weighted by Gasteiger charge is -2.11. The van der Waals surface area contributed by atoms with Crippen molar-refractivity contribution in [3.8, 4) is 11.5 Å². The lowest BCUT2D eigenvalue weighted by Crippen LogP contribution is -2.01. The Labute approximate surface area is 135 Å². The van der Waals surface area contributed by atoms with Gasteiger partial charge in [0.25, 0.3) is 0 Å². The Balaban J connectivity index is 2.48. The second-order valence-electron chi connectivity index (χ2n) is 3.72. The first-order valence-electron chi connectivity index (χ1n) is 5.24. The topological polar surface area (TPSA) is 46.5 Å². The van der Waals surface area contributed by atoms with Crippen molar-refractivity contribution in [1.29, 1.82) is 0 Å². The molecule has 0 radical (unpaired) electrons. The van der Waals surface area contributed by atoms with E-state index in [1.807, 2.05) is 0 Å². The van der Waals surface area contributed by atoms with E-state index in [-0.39, 0.29) is 22.1 Å². The first kappa shape index (κ1) is 15.3. The number of hydrogen-bond acceptors (Lipinski definition) is 2. The number of carbonyl (C=O) groups is 1. The summed E-state index contributed by atoms with van der Waals surface area (Å²) in [7, 11) is 0. The highest BCUT2D eigenvalue weighted by Crippen LogP contribution is 2.36. The SMILES string of the molecule is O=C(O)c1c(Br)cccc1Oc1cc(F)c(Cl)cc1Br. The number of halogens is 4. The van der Waals surface area contributed by atoms with Gasteiger partial charge in [0.15, 0.2) is 0 Å². The molecule has 3 nitrogen and oxygen atoms in total. The van der Waals surface area contributed by atoms with Gasteiger partial charge in [-0.3, -0.25) is 0 Å². The van der Waals surface area contributed by atoms with Gasteiger partial charge in [0.1, 0.15) is 22.9 Å². The molecule has 0 unspecified atom stereocenters. The highest BCUT2D eigenvalue weighted by Gasteiger charge is 2.17. The van der Waals surface area contributed by atoms with E-state index < -0.39 is 11.8 Å². The molecule has 0 aliphatic carbocycles. The summed E-state index contributed by atoms with van der Waals surface area (Å²) in [6, 6.07) is 7.09. The Morgan fingerprint density at radius 3 is 2.55 bits per heavy atom. The average Bonchev–Trinajstić information content (AvgIpc) is 2.35. The van der Waals surface area contributed by atoms with Gasteiger partial charge in [-0.15, -0.1) is 0 Å². The largest absolute Gasteiger partial charge is 0.478 e. The van der Waals surface area contributed by atoms with Crippen molar-refractivity contribution in [3.63, 3.8) is 0 Å². The van der Waals surface area contributed by atoms with Crippen LogP contribution in [-0.2, 0) is 0 Å². The first-order chi connectivity index (χ1) is 9.40. The summed E-state index contributed by atoms with van der Waals surface area (Å²) in [6.45, 7) is 0. The number of aromatic carboxylic acids is 1. The van der Waals surface area contributed by atoms with Crippen LogP contribution in [0.1, 0.15) is 10.4 Å². The van der Waals surface area contributed by atoms with Gasteiger partial charge in [-0.2, -0.15) is 0 Å². The minimum absolute atomic E-state index is 0.0465. The molecular formula is C13H6Br2ClFO3. The van der Waals surface area contributed by atoms with Crippen LogP contribution in [0.4, 0.5) is 4.39 Å². The van der Waals surface area contributed by atoms with E-state index in [9.17, 15) is 14.3 Å². The molecule has 2 aromatic carbocycles. The zero-order valence-electron chi connectivity index (χ0n) is 9.66. The fraction of sp³-hybridized carbons (Fsp3) is 0. The highest BCUT2D eigenvalue weighted by atomic mass is 79.9. The Morgan fingerprint density at radius 1 is 1.20 bits per heavy atom. The number of benzene rings is 2. The second kappa shape index (κ2) is 6.11. The van der Waals surface area contributed by atoms with Crippen molar-refractivity contribution >= 4 is 49.4 Å². The van der Waals surface area contributed by atoms with E-state index in [0.717, 1.165) is 6.07 Å². The van der Waals surface area contributed by atoms with E-state index in [1.54, 1.807) is 12.1 Å². The van der Waals surface area contributed by atoms with Crippen LogP contribution in [-0.4, -0.2) is 11.1 Å². The van der Waals surface area contributed by atoms with Crippen molar-refractivity contribution in [2.45, 2.75) is 0 Å². The summed E-state index contributed by atoms with van der Waals surface area (Å²) >= 11 is 12.0. The minimum atomic E-state index is -1.15. The van der Waals surface area contributed by atoms with Gasteiger partial charge in [0.05, 0.1) is 9.50 Å². The van der Waals surface area contributed by atoms with Crippen LogP contribution in [0.2, 0.25) is 5.02 Å². The maximum Gasteiger partial charge on any atom is 0.340 e. The van der Waals surface area contributed by atoms with Crippen molar-refractivity contribution in [2.75, 3.05) is 0 Å². The Kier molecular flexibility index (Phi) is 4.67. The Hall–Kier alpha value is -1.11. The van der Waals surface area contributed by atoms with Gasteiger partial charge in [-0.1, -0.05) is 17.7 Å². The molecular weight excluding hydrogens is 418 g/mol. The molecule has 0 atom stereocenters. The van der Waals surface area contributed by atoms with Crippen LogP contribution in [0.25, 0.3) is 0 Å². The van der Waals surface area contributed by atoms with Gasteiger partial charge >= 0.3 is 5.97 Å². The standard InChI is InChI=1S/C13H6Br2ClFO3/c14-6-2-1-3-10(12(6)13(18)19)20-11-5-9(17)8(16)4-7(11)15/h1-5H,(H,18,19). The molecule has 0 spiro atoms. The Bertz CT molecular complexity index is 692. The first-order valence-corrected chi connectivity index (χ1v) is 7.20. The van der Waals surface area contributed by atoms with E-state index >= 15 is 0 Å². The van der Waals surface area contributed by atoms with Crippen LogP contribution in [0.15, 0.2) is 39.3 Å². The van der Waals surface area contributed by atoms with Crippen LogP contribution in [0, 0.1) is 5.82 Å². The van der Waals surface area contributed by atoms with E-state index in [2.05, 4.69) is 31.9 Å². The van der Waals surface area contributed by atoms with Gasteiger partial charge in [-0.25, -0.2) is 9.18 Å². The maximum atomic E-state index is 13.4. The molecule has 2 rings (SSSR count). The smallest absolute Gasteiger partial charge is 0.340 e. The molecule has 0 bridgehead atoms. The van der Waals surface area contributed by atoms with Gasteiger partial charge in [0.2, 0.25) is 0 Å². The van der Waals surface area contributed by atoms with Crippen LogP contribution >= 0.6 is 43.5 Å². The summed E-state index contributed by atoms with van der Waals surface area (Å²) < 4.78 is 19.7. The van der Waals surface area contributed by atoms with Crippen LogP contribution in [0.3, 0.4) is 0 Å². The highest BCUT2D eigenvalue weighted by molar-refractivity contribution is 9.10. The number of hydrogen-bond donors (Lipinski definition) is 1. The quantitative estimate of drug-likeness (QED) is 0.663. The molecule has 0 fully saturated rings. The summed E-state index contributed by atoms with van der Waals surface area (Å²) in [4.78, 5) is 11.2. The molecule has 0 aromatic heterocycles. The van der Waals surface area contributed by atoms with Crippen molar-refractivity contribution in [3.05, 3.63) is 55.7 Å². The molecule has 2 aromatic rings. The third-order valence-electron chi connectivity index (χ3n) is 2.38. The molecule has 0 saturated carbocycles. The molecule has 104 valence electrons. The monoisotopic (exact) mass is 422 g/mol. The average molecular weight is 424 g/mol. The predicted molar refractivity (Wildman–Crippen MR) is 80.3 cm³/mol. The third kappa shape index (κ3) is 3.13.